The number of nitrogens with zero attached hydrogens (tertiary/aromatic N) is 1. The van der Waals surface area contributed by atoms with E-state index in [0.717, 1.165) is 11.4 Å². The Bertz CT molecular complexity index is 3110. The number of hydrogen-bond acceptors (Lipinski definition) is 1. The highest BCUT2D eigenvalue weighted by atomic mass is 15.1. The Kier molecular flexibility index (Phi) is 6.62. The van der Waals surface area contributed by atoms with Crippen molar-refractivity contribution in [1.29, 1.82) is 0 Å². The fourth-order valence-corrected chi connectivity index (χ4v) is 10.2. The molecule has 0 saturated heterocycles. The van der Waals surface area contributed by atoms with Gasteiger partial charge < -0.3 is 4.90 Å². The van der Waals surface area contributed by atoms with Crippen molar-refractivity contribution in [1.82, 2.24) is 0 Å². The standard InChI is InChI=1S/C55H35N/c1-2-15-38(16-3-1)56(39-32-29-36(30-33-39)37-31-34-44-42-19-5-4-17-40(42)41-18-6-7-20-43(41)48(44)35-37)53-28-14-27-52-54(53)47-23-10-13-26-51(47)55(52)49-24-11-8-21-45(49)46-22-9-12-25-50(46)55/h1-35H. The van der Waals surface area contributed by atoms with E-state index < -0.39 is 5.41 Å². The summed E-state index contributed by atoms with van der Waals surface area (Å²) in [5.41, 5.74) is 16.1. The van der Waals surface area contributed by atoms with Crippen LogP contribution in [0.2, 0.25) is 0 Å². The molecule has 260 valence electrons. The molecule has 0 heterocycles. The summed E-state index contributed by atoms with van der Waals surface area (Å²) >= 11 is 0. The van der Waals surface area contributed by atoms with Gasteiger partial charge in [-0.05, 0) is 119 Å². The first-order chi connectivity index (χ1) is 27.8. The molecule has 2 aliphatic rings. The van der Waals surface area contributed by atoms with E-state index in [2.05, 4.69) is 217 Å². The number of rotatable bonds is 4. The summed E-state index contributed by atoms with van der Waals surface area (Å²) in [5.74, 6) is 0. The zero-order valence-corrected chi connectivity index (χ0v) is 30.7. The third-order valence-electron chi connectivity index (χ3n) is 12.5. The summed E-state index contributed by atoms with van der Waals surface area (Å²) in [5, 5.41) is 7.76. The molecule has 10 aromatic carbocycles. The number of hydrogen-bond donors (Lipinski definition) is 0. The van der Waals surface area contributed by atoms with Crippen molar-refractivity contribution in [2.45, 2.75) is 5.41 Å². The van der Waals surface area contributed by atoms with Crippen molar-refractivity contribution in [3.8, 4) is 33.4 Å². The lowest BCUT2D eigenvalue weighted by Crippen LogP contribution is -2.26. The maximum absolute atomic E-state index is 2.45. The number of para-hydroxylation sites is 1. The molecule has 1 nitrogen and oxygen atoms in total. The maximum atomic E-state index is 2.45. The fraction of sp³-hybridized carbons (Fsp3) is 0.0182. The van der Waals surface area contributed by atoms with E-state index in [1.54, 1.807) is 0 Å². The largest absolute Gasteiger partial charge is 0.310 e. The van der Waals surface area contributed by atoms with Crippen molar-refractivity contribution in [2.24, 2.45) is 0 Å². The van der Waals surface area contributed by atoms with Crippen molar-refractivity contribution < 1.29 is 0 Å². The minimum absolute atomic E-state index is 0.396. The lowest BCUT2D eigenvalue weighted by molar-refractivity contribution is 0.794. The molecule has 2 aliphatic carbocycles. The Morgan fingerprint density at radius 1 is 0.286 bits per heavy atom. The van der Waals surface area contributed by atoms with Gasteiger partial charge in [0.15, 0.2) is 0 Å². The van der Waals surface area contributed by atoms with Crippen LogP contribution in [-0.2, 0) is 5.41 Å². The molecule has 0 aliphatic heterocycles. The van der Waals surface area contributed by atoms with E-state index in [1.807, 2.05) is 0 Å². The first kappa shape index (κ1) is 31.2. The predicted octanol–water partition coefficient (Wildman–Crippen LogP) is 14.6. The molecule has 12 rings (SSSR count). The Morgan fingerprint density at radius 2 is 0.732 bits per heavy atom. The summed E-state index contributed by atoms with van der Waals surface area (Å²) in [4.78, 5) is 2.45. The maximum Gasteiger partial charge on any atom is 0.0726 e. The predicted molar refractivity (Wildman–Crippen MR) is 235 cm³/mol. The quantitative estimate of drug-likeness (QED) is 0.164. The smallest absolute Gasteiger partial charge is 0.0726 e. The lowest BCUT2D eigenvalue weighted by atomic mass is 9.70. The molecule has 0 saturated carbocycles. The van der Waals surface area contributed by atoms with Gasteiger partial charge in [-0.15, -0.1) is 0 Å². The molecule has 0 bridgehead atoms. The second-order valence-electron chi connectivity index (χ2n) is 15.2. The monoisotopic (exact) mass is 709 g/mol. The van der Waals surface area contributed by atoms with E-state index in [1.165, 1.54) is 93.6 Å². The summed E-state index contributed by atoms with van der Waals surface area (Å²) < 4.78 is 0. The summed E-state index contributed by atoms with van der Waals surface area (Å²) in [6.07, 6.45) is 0. The molecule has 1 heteroatoms. The fourth-order valence-electron chi connectivity index (χ4n) is 10.2. The van der Waals surface area contributed by atoms with Crippen LogP contribution in [0.4, 0.5) is 17.1 Å². The molecule has 0 aromatic heterocycles. The van der Waals surface area contributed by atoms with Crippen LogP contribution in [0.1, 0.15) is 22.3 Å². The van der Waals surface area contributed by atoms with E-state index in [4.69, 9.17) is 0 Å². The summed E-state index contributed by atoms with van der Waals surface area (Å²) in [6.45, 7) is 0. The van der Waals surface area contributed by atoms with Gasteiger partial charge in [-0.3, -0.25) is 0 Å². The highest BCUT2D eigenvalue weighted by Gasteiger charge is 2.52. The minimum Gasteiger partial charge on any atom is -0.310 e. The molecule has 0 radical (unpaired) electrons. The highest BCUT2D eigenvalue weighted by molar-refractivity contribution is 6.25. The Morgan fingerprint density at radius 3 is 1.36 bits per heavy atom. The topological polar surface area (TPSA) is 3.24 Å². The van der Waals surface area contributed by atoms with E-state index in [0.29, 0.717) is 0 Å². The zero-order valence-electron chi connectivity index (χ0n) is 30.7. The van der Waals surface area contributed by atoms with E-state index in [-0.39, 0.29) is 0 Å². The molecule has 0 amide bonds. The van der Waals surface area contributed by atoms with Crippen LogP contribution in [0.15, 0.2) is 212 Å². The van der Waals surface area contributed by atoms with Crippen molar-refractivity contribution in [2.75, 3.05) is 4.90 Å². The molecular weight excluding hydrogens is 675 g/mol. The Labute approximate surface area is 326 Å². The molecule has 0 unspecified atom stereocenters. The summed E-state index contributed by atoms with van der Waals surface area (Å²) in [6, 6.07) is 78.6. The Hall–Kier alpha value is -7.22. The van der Waals surface area contributed by atoms with Crippen LogP contribution >= 0.6 is 0 Å². The number of benzene rings is 10. The second-order valence-corrected chi connectivity index (χ2v) is 15.2. The van der Waals surface area contributed by atoms with Crippen LogP contribution in [0.3, 0.4) is 0 Å². The van der Waals surface area contributed by atoms with Gasteiger partial charge >= 0.3 is 0 Å². The third-order valence-corrected chi connectivity index (χ3v) is 12.5. The van der Waals surface area contributed by atoms with Gasteiger partial charge in [0, 0.05) is 16.9 Å². The Balaban J connectivity index is 1.04. The van der Waals surface area contributed by atoms with Crippen LogP contribution in [0, 0.1) is 0 Å². The van der Waals surface area contributed by atoms with Crippen LogP contribution in [0.5, 0.6) is 0 Å². The number of anilines is 3. The molecule has 10 aromatic rings. The van der Waals surface area contributed by atoms with Crippen molar-refractivity contribution in [3.63, 3.8) is 0 Å². The number of fused-ring (bicyclic) bond motifs is 16. The molecule has 1 spiro atoms. The van der Waals surface area contributed by atoms with Gasteiger partial charge in [0.05, 0.1) is 11.1 Å². The van der Waals surface area contributed by atoms with E-state index >= 15 is 0 Å². The van der Waals surface area contributed by atoms with Crippen LogP contribution in [0.25, 0.3) is 65.7 Å². The van der Waals surface area contributed by atoms with Crippen LogP contribution in [-0.4, -0.2) is 0 Å². The summed E-state index contributed by atoms with van der Waals surface area (Å²) in [7, 11) is 0. The van der Waals surface area contributed by atoms with E-state index in [9.17, 15) is 0 Å². The SMILES string of the molecule is c1ccc(N(c2ccc(-c3ccc4c5ccccc5c5ccccc5c4c3)cc2)c2cccc3c2-c2ccccc2C32c3ccccc3-c3ccccc32)cc1. The van der Waals surface area contributed by atoms with Gasteiger partial charge in [-0.25, -0.2) is 0 Å². The lowest BCUT2D eigenvalue weighted by Gasteiger charge is -2.31. The average molecular weight is 710 g/mol. The molecular formula is C55H35N. The third kappa shape index (κ3) is 4.20. The minimum atomic E-state index is -0.396. The van der Waals surface area contributed by atoms with Gasteiger partial charge in [-0.2, -0.15) is 0 Å². The first-order valence-corrected chi connectivity index (χ1v) is 19.5. The average Bonchev–Trinajstić information content (AvgIpc) is 3.75. The van der Waals surface area contributed by atoms with Gasteiger partial charge in [0.2, 0.25) is 0 Å². The zero-order chi connectivity index (χ0) is 36.8. The van der Waals surface area contributed by atoms with Crippen molar-refractivity contribution in [3.05, 3.63) is 235 Å². The van der Waals surface area contributed by atoms with Gasteiger partial charge in [0.25, 0.3) is 0 Å². The molecule has 0 N–H and O–H groups in total. The second kappa shape index (κ2) is 11.9. The molecule has 0 atom stereocenters. The van der Waals surface area contributed by atoms with Gasteiger partial charge in [0.1, 0.15) is 0 Å². The molecule has 56 heavy (non-hydrogen) atoms. The van der Waals surface area contributed by atoms with Crippen LogP contribution < -0.4 is 4.90 Å². The highest BCUT2D eigenvalue weighted by Crippen LogP contribution is 2.64. The van der Waals surface area contributed by atoms with Crippen molar-refractivity contribution >= 4 is 49.4 Å². The normalized spacial score (nSPS) is 13.1. The van der Waals surface area contributed by atoms with Gasteiger partial charge in [-0.1, -0.05) is 176 Å². The molecule has 0 fully saturated rings. The first-order valence-electron chi connectivity index (χ1n) is 19.5.